The van der Waals surface area contributed by atoms with Gasteiger partial charge < -0.3 is 9.84 Å². The van der Waals surface area contributed by atoms with Gasteiger partial charge in [0.2, 0.25) is 0 Å². The lowest BCUT2D eigenvalue weighted by Gasteiger charge is -2.37. The van der Waals surface area contributed by atoms with Crippen molar-refractivity contribution in [2.45, 2.75) is 62.2 Å². The van der Waals surface area contributed by atoms with E-state index in [2.05, 4.69) is 19.9 Å². The van der Waals surface area contributed by atoms with E-state index in [4.69, 9.17) is 9.84 Å². The summed E-state index contributed by atoms with van der Waals surface area (Å²) in [6, 6.07) is 7.46. The van der Waals surface area contributed by atoms with E-state index < -0.39 is 15.6 Å². The fourth-order valence-corrected chi connectivity index (χ4v) is 6.11. The van der Waals surface area contributed by atoms with Crippen LogP contribution in [-0.2, 0) is 20.4 Å². The van der Waals surface area contributed by atoms with Gasteiger partial charge in [0.15, 0.2) is 6.23 Å². The number of ether oxygens (including phenoxy) is 1. The molecule has 10 nitrogen and oxygen atoms in total. The number of aromatic nitrogens is 5. The lowest BCUT2D eigenvalue weighted by atomic mass is 9.75. The van der Waals surface area contributed by atoms with Crippen LogP contribution in [0.4, 0.5) is 5.69 Å². The second-order valence-electron chi connectivity index (χ2n) is 9.59. The van der Waals surface area contributed by atoms with Crippen LogP contribution in [0.2, 0.25) is 0 Å². The third kappa shape index (κ3) is 3.87. The van der Waals surface area contributed by atoms with E-state index in [0.717, 1.165) is 36.8 Å². The maximum Gasteiger partial charge on any atom is 0.265 e. The maximum absolute atomic E-state index is 13.3. The normalized spacial score (nSPS) is 19.8. The molecule has 0 bridgehead atoms. The van der Waals surface area contributed by atoms with E-state index in [1.807, 2.05) is 35.9 Å². The zero-order valence-electron chi connectivity index (χ0n) is 19.9. The molecule has 2 fully saturated rings. The van der Waals surface area contributed by atoms with Gasteiger partial charge in [0.25, 0.3) is 10.0 Å². The fraction of sp³-hybridized carbons (Fsp3) is 0.400. The number of H-pyrrole nitrogens is 1. The van der Waals surface area contributed by atoms with Crippen molar-refractivity contribution in [1.82, 2.24) is 25.0 Å². The largest absolute Gasteiger partial charge is 0.385 e. The van der Waals surface area contributed by atoms with Crippen LogP contribution in [0.25, 0.3) is 22.2 Å². The number of aliphatic hydroxyl groups is 1. The summed E-state index contributed by atoms with van der Waals surface area (Å²) in [6.45, 7) is 2.53. The SMILES string of the molecule is Cc1nn(C2CCCCO2)c2ccc(-c3cc(C4(O)CCC4)ccn3)c(NS(=O)(=O)c3cn[nH]c3)c12. The number of nitrogens with zero attached hydrogens (tertiary/aromatic N) is 4. The average Bonchev–Trinajstić information content (AvgIpc) is 3.53. The van der Waals surface area contributed by atoms with Gasteiger partial charge >= 0.3 is 0 Å². The third-order valence-electron chi connectivity index (χ3n) is 7.25. The van der Waals surface area contributed by atoms with Gasteiger partial charge in [-0.25, -0.2) is 13.1 Å². The zero-order chi connectivity index (χ0) is 24.9. The van der Waals surface area contributed by atoms with Gasteiger partial charge in [0.05, 0.1) is 34.4 Å². The number of fused-ring (bicyclic) bond motifs is 1. The van der Waals surface area contributed by atoms with Crippen molar-refractivity contribution >= 4 is 26.6 Å². The Hall–Kier alpha value is -3.28. The van der Waals surface area contributed by atoms with E-state index in [-0.39, 0.29) is 11.1 Å². The van der Waals surface area contributed by atoms with Crippen LogP contribution in [0, 0.1) is 6.92 Å². The predicted molar refractivity (Wildman–Crippen MR) is 134 cm³/mol. The van der Waals surface area contributed by atoms with Crippen molar-refractivity contribution in [3.63, 3.8) is 0 Å². The van der Waals surface area contributed by atoms with Crippen molar-refractivity contribution in [3.05, 3.63) is 54.1 Å². The van der Waals surface area contributed by atoms with E-state index >= 15 is 0 Å². The van der Waals surface area contributed by atoms with Crippen molar-refractivity contribution in [2.75, 3.05) is 11.3 Å². The topological polar surface area (TPSA) is 135 Å². The molecule has 0 spiro atoms. The molecule has 2 aliphatic rings. The molecule has 188 valence electrons. The Morgan fingerprint density at radius 3 is 2.78 bits per heavy atom. The molecular weight excluding hydrogens is 480 g/mol. The number of anilines is 1. The second-order valence-corrected chi connectivity index (χ2v) is 11.3. The summed E-state index contributed by atoms with van der Waals surface area (Å²) in [5.41, 5.74) is 2.94. The third-order valence-corrected chi connectivity index (χ3v) is 8.57. The molecule has 1 unspecified atom stereocenters. The number of pyridine rings is 1. The molecule has 36 heavy (non-hydrogen) atoms. The van der Waals surface area contributed by atoms with Crippen LogP contribution < -0.4 is 4.72 Å². The van der Waals surface area contributed by atoms with Crippen LogP contribution in [0.5, 0.6) is 0 Å². The highest BCUT2D eigenvalue weighted by Crippen LogP contribution is 2.43. The minimum atomic E-state index is -3.95. The van der Waals surface area contributed by atoms with Gasteiger partial charge in [-0.2, -0.15) is 10.2 Å². The summed E-state index contributed by atoms with van der Waals surface area (Å²) in [6.07, 6.45) is 9.32. The summed E-state index contributed by atoms with van der Waals surface area (Å²) in [7, 11) is -3.95. The van der Waals surface area contributed by atoms with Crippen molar-refractivity contribution in [1.29, 1.82) is 0 Å². The molecule has 1 saturated carbocycles. The molecule has 3 aromatic heterocycles. The van der Waals surface area contributed by atoms with Crippen LogP contribution in [0.15, 0.2) is 47.8 Å². The Kier molecular flexibility index (Phi) is 5.58. The van der Waals surface area contributed by atoms with Gasteiger partial charge in [0, 0.05) is 30.0 Å². The first-order valence-corrected chi connectivity index (χ1v) is 13.7. The first-order valence-electron chi connectivity index (χ1n) is 12.2. The lowest BCUT2D eigenvalue weighted by molar-refractivity contribution is -0.0388. The summed E-state index contributed by atoms with van der Waals surface area (Å²) in [4.78, 5) is 4.58. The fourth-order valence-electron chi connectivity index (χ4n) is 5.12. The standard InChI is InChI=1S/C25H28N6O4S/c1-16-23-21(31(29-16)22-5-2-3-12-35-22)7-6-19(24(23)30-36(33,34)18-14-27-28-15-18)20-13-17(8-11-26-20)25(32)9-4-10-25/h6-8,11,13-15,22,30,32H,2-5,9-10,12H2,1H3,(H,27,28). The van der Waals surface area contributed by atoms with Crippen LogP contribution in [-0.4, -0.2) is 45.1 Å². The predicted octanol–water partition coefficient (Wildman–Crippen LogP) is 4.00. The number of aromatic amines is 1. The Bertz CT molecular complexity index is 1520. The van der Waals surface area contributed by atoms with E-state index in [0.29, 0.717) is 47.5 Å². The molecule has 11 heteroatoms. The number of nitrogens with one attached hydrogen (secondary N) is 2. The van der Waals surface area contributed by atoms with Crippen molar-refractivity contribution in [2.24, 2.45) is 0 Å². The average molecular weight is 509 g/mol. The molecule has 6 rings (SSSR count). The lowest BCUT2D eigenvalue weighted by Crippen LogP contribution is -2.33. The van der Waals surface area contributed by atoms with Crippen LogP contribution in [0.1, 0.15) is 56.0 Å². The molecule has 1 aliphatic carbocycles. The number of rotatable bonds is 6. The number of sulfonamides is 1. The Labute approximate surface area is 208 Å². The van der Waals surface area contributed by atoms with E-state index in [1.54, 1.807) is 6.20 Å². The minimum absolute atomic E-state index is 0.0246. The van der Waals surface area contributed by atoms with Crippen molar-refractivity contribution in [3.8, 4) is 11.3 Å². The first-order chi connectivity index (χ1) is 17.4. The van der Waals surface area contributed by atoms with Gasteiger partial charge in [0.1, 0.15) is 4.90 Å². The highest BCUT2D eigenvalue weighted by Gasteiger charge is 2.36. The second kappa shape index (κ2) is 8.68. The molecule has 0 radical (unpaired) electrons. The summed E-state index contributed by atoms with van der Waals surface area (Å²) >= 11 is 0. The quantitative estimate of drug-likeness (QED) is 0.358. The van der Waals surface area contributed by atoms with E-state index in [9.17, 15) is 13.5 Å². The van der Waals surface area contributed by atoms with Gasteiger partial charge in [-0.15, -0.1) is 0 Å². The number of benzene rings is 1. The summed E-state index contributed by atoms with van der Waals surface area (Å²) in [5.74, 6) is 0. The van der Waals surface area contributed by atoms with Crippen molar-refractivity contribution < 1.29 is 18.3 Å². The van der Waals surface area contributed by atoms with Gasteiger partial charge in [-0.1, -0.05) is 0 Å². The number of aryl methyl sites for hydroxylation is 1. The molecule has 1 aromatic carbocycles. The van der Waals surface area contributed by atoms with E-state index in [1.165, 1.54) is 12.4 Å². The Morgan fingerprint density at radius 2 is 2.08 bits per heavy atom. The molecule has 4 aromatic rings. The molecular formula is C25H28N6O4S. The highest BCUT2D eigenvalue weighted by atomic mass is 32.2. The summed E-state index contributed by atoms with van der Waals surface area (Å²) < 4.78 is 37.2. The Balaban J connectivity index is 1.54. The maximum atomic E-state index is 13.3. The van der Waals surface area contributed by atoms with Gasteiger partial charge in [-0.05, 0) is 75.3 Å². The van der Waals surface area contributed by atoms with Crippen LogP contribution >= 0.6 is 0 Å². The molecule has 4 heterocycles. The molecule has 1 aliphatic heterocycles. The number of hydrogen-bond acceptors (Lipinski definition) is 7. The summed E-state index contributed by atoms with van der Waals surface area (Å²) in [5, 5.41) is 22.7. The molecule has 3 N–H and O–H groups in total. The smallest absolute Gasteiger partial charge is 0.265 e. The zero-order valence-corrected chi connectivity index (χ0v) is 20.8. The highest BCUT2D eigenvalue weighted by molar-refractivity contribution is 7.92. The Morgan fingerprint density at radius 1 is 1.22 bits per heavy atom. The number of hydrogen-bond donors (Lipinski definition) is 3. The van der Waals surface area contributed by atoms with Gasteiger partial charge in [-0.3, -0.25) is 14.8 Å². The molecule has 1 atom stereocenters. The molecule has 0 amide bonds. The molecule has 1 saturated heterocycles. The minimum Gasteiger partial charge on any atom is -0.385 e. The van der Waals surface area contributed by atoms with Crippen LogP contribution in [0.3, 0.4) is 0 Å². The first kappa shape index (κ1) is 23.1. The monoisotopic (exact) mass is 508 g/mol.